The second-order valence-corrected chi connectivity index (χ2v) is 6.41. The molecule has 0 aromatic heterocycles. The number of ether oxygens (including phenoxy) is 2. The van der Waals surface area contributed by atoms with Crippen molar-refractivity contribution in [3.8, 4) is 11.5 Å². The predicted octanol–water partition coefficient (Wildman–Crippen LogP) is 4.58. The van der Waals surface area contributed by atoms with Gasteiger partial charge in [-0.1, -0.05) is 18.2 Å². The first kappa shape index (κ1) is 18.6. The monoisotopic (exact) mass is 439 g/mol. The van der Waals surface area contributed by atoms with Crippen molar-refractivity contribution in [2.24, 2.45) is 0 Å². The number of halogens is 1. The van der Waals surface area contributed by atoms with E-state index in [0.29, 0.717) is 24.5 Å². The highest BCUT2D eigenvalue weighted by Gasteiger charge is 2.15. The first-order valence-corrected chi connectivity index (χ1v) is 9.09. The summed E-state index contributed by atoms with van der Waals surface area (Å²) in [6, 6.07) is 13.2. The topological polar surface area (TPSA) is 47.6 Å². The maximum absolute atomic E-state index is 12.5. The van der Waals surface area contributed by atoms with Gasteiger partial charge >= 0.3 is 0 Å². The molecular formula is C19H22INO3. The molecule has 4 nitrogen and oxygen atoms in total. The van der Waals surface area contributed by atoms with Gasteiger partial charge in [0.15, 0.2) is 11.5 Å². The Kier molecular flexibility index (Phi) is 6.90. The number of carbonyl (C=O) groups excluding carboxylic acids is 1. The van der Waals surface area contributed by atoms with Gasteiger partial charge in [0.25, 0.3) is 5.91 Å². The summed E-state index contributed by atoms with van der Waals surface area (Å²) in [5.41, 5.74) is 1.65. The number of carbonyl (C=O) groups is 1. The lowest BCUT2D eigenvalue weighted by atomic mass is 10.1. The van der Waals surface area contributed by atoms with Gasteiger partial charge in [-0.15, -0.1) is 0 Å². The third-order valence-electron chi connectivity index (χ3n) is 3.53. The van der Waals surface area contributed by atoms with Crippen LogP contribution in [-0.2, 0) is 0 Å². The summed E-state index contributed by atoms with van der Waals surface area (Å²) < 4.78 is 12.2. The van der Waals surface area contributed by atoms with Crippen LogP contribution in [0.5, 0.6) is 11.5 Å². The van der Waals surface area contributed by atoms with Crippen LogP contribution in [0, 0.1) is 3.57 Å². The minimum absolute atomic E-state index is 0.0839. The van der Waals surface area contributed by atoms with E-state index in [4.69, 9.17) is 9.47 Å². The lowest BCUT2D eigenvalue weighted by Crippen LogP contribution is -2.27. The van der Waals surface area contributed by atoms with Gasteiger partial charge in [0.1, 0.15) is 0 Å². The van der Waals surface area contributed by atoms with E-state index in [9.17, 15) is 4.79 Å². The fourth-order valence-corrected chi connectivity index (χ4v) is 2.97. The normalized spacial score (nSPS) is 11.7. The van der Waals surface area contributed by atoms with Crippen LogP contribution in [0.2, 0.25) is 0 Å². The summed E-state index contributed by atoms with van der Waals surface area (Å²) in [5, 5.41) is 3.03. The van der Waals surface area contributed by atoms with E-state index in [1.165, 1.54) is 0 Å². The molecule has 0 aliphatic heterocycles. The predicted molar refractivity (Wildman–Crippen MR) is 104 cm³/mol. The molecule has 0 saturated heterocycles. The van der Waals surface area contributed by atoms with E-state index in [1.807, 2.05) is 63.2 Å². The van der Waals surface area contributed by atoms with Gasteiger partial charge in [0.05, 0.1) is 24.8 Å². The van der Waals surface area contributed by atoms with Crippen molar-refractivity contribution in [3.63, 3.8) is 0 Å². The highest BCUT2D eigenvalue weighted by Crippen LogP contribution is 2.30. The van der Waals surface area contributed by atoms with Crippen molar-refractivity contribution >= 4 is 28.5 Å². The molecule has 0 heterocycles. The number of nitrogens with one attached hydrogen (secondary N) is 1. The standard InChI is InChI=1S/C19H22INO3/c1-4-23-17-11-10-14(12-18(17)24-5-2)13(3)21-19(22)15-8-6-7-9-16(15)20/h6-13H,4-5H2,1-3H3,(H,21,22)/t13-/m0/s1. The third-order valence-corrected chi connectivity index (χ3v) is 4.47. The first-order valence-electron chi connectivity index (χ1n) is 8.01. The summed E-state index contributed by atoms with van der Waals surface area (Å²) >= 11 is 2.17. The Hall–Kier alpha value is -1.76. The van der Waals surface area contributed by atoms with Crippen LogP contribution in [0.3, 0.4) is 0 Å². The minimum Gasteiger partial charge on any atom is -0.490 e. The highest BCUT2D eigenvalue weighted by molar-refractivity contribution is 14.1. The Balaban J connectivity index is 2.17. The summed E-state index contributed by atoms with van der Waals surface area (Å²) in [5.74, 6) is 1.34. The highest BCUT2D eigenvalue weighted by atomic mass is 127. The zero-order valence-electron chi connectivity index (χ0n) is 14.1. The summed E-state index contributed by atoms with van der Waals surface area (Å²) in [4.78, 5) is 12.5. The Morgan fingerprint density at radius 2 is 1.75 bits per heavy atom. The summed E-state index contributed by atoms with van der Waals surface area (Å²) in [6.07, 6.45) is 0. The molecule has 5 heteroatoms. The van der Waals surface area contributed by atoms with E-state index < -0.39 is 0 Å². The molecule has 24 heavy (non-hydrogen) atoms. The molecule has 1 amide bonds. The molecule has 1 N–H and O–H groups in total. The number of hydrogen-bond donors (Lipinski definition) is 1. The van der Waals surface area contributed by atoms with Crippen LogP contribution in [0.15, 0.2) is 42.5 Å². The van der Waals surface area contributed by atoms with E-state index in [2.05, 4.69) is 27.9 Å². The molecule has 0 spiro atoms. The van der Waals surface area contributed by atoms with E-state index in [-0.39, 0.29) is 11.9 Å². The number of benzene rings is 2. The largest absolute Gasteiger partial charge is 0.490 e. The van der Waals surface area contributed by atoms with Gasteiger partial charge in [0.2, 0.25) is 0 Å². The van der Waals surface area contributed by atoms with Crippen LogP contribution in [0.4, 0.5) is 0 Å². The zero-order valence-corrected chi connectivity index (χ0v) is 16.3. The SMILES string of the molecule is CCOc1ccc([C@H](C)NC(=O)c2ccccc2I)cc1OCC. The molecule has 0 saturated carbocycles. The van der Waals surface area contributed by atoms with Gasteiger partial charge in [-0.25, -0.2) is 0 Å². The molecule has 2 aromatic rings. The first-order chi connectivity index (χ1) is 11.6. The third kappa shape index (κ3) is 4.63. The molecular weight excluding hydrogens is 417 g/mol. The average molecular weight is 439 g/mol. The van der Waals surface area contributed by atoms with Crippen molar-refractivity contribution in [1.82, 2.24) is 5.32 Å². The van der Waals surface area contributed by atoms with Crippen LogP contribution in [0.1, 0.15) is 42.7 Å². The molecule has 0 unspecified atom stereocenters. The summed E-state index contributed by atoms with van der Waals surface area (Å²) in [6.45, 7) is 6.97. The Morgan fingerprint density at radius 3 is 2.42 bits per heavy atom. The van der Waals surface area contributed by atoms with Crippen molar-refractivity contribution in [1.29, 1.82) is 0 Å². The Morgan fingerprint density at radius 1 is 1.08 bits per heavy atom. The van der Waals surface area contributed by atoms with Crippen molar-refractivity contribution in [3.05, 3.63) is 57.2 Å². The maximum atomic E-state index is 12.5. The second kappa shape index (κ2) is 8.92. The Labute approximate surface area is 156 Å². The molecule has 0 radical (unpaired) electrons. The molecule has 0 bridgehead atoms. The average Bonchev–Trinajstić information content (AvgIpc) is 2.57. The van der Waals surface area contributed by atoms with Gasteiger partial charge in [-0.3, -0.25) is 4.79 Å². The van der Waals surface area contributed by atoms with Crippen LogP contribution in [-0.4, -0.2) is 19.1 Å². The fraction of sp³-hybridized carbons (Fsp3) is 0.316. The van der Waals surface area contributed by atoms with Crippen LogP contribution in [0.25, 0.3) is 0 Å². The molecule has 0 fully saturated rings. The molecule has 0 aliphatic rings. The summed E-state index contributed by atoms with van der Waals surface area (Å²) in [7, 11) is 0. The van der Waals surface area contributed by atoms with Gasteiger partial charge in [-0.2, -0.15) is 0 Å². The van der Waals surface area contributed by atoms with Gasteiger partial charge in [0, 0.05) is 3.57 Å². The lowest BCUT2D eigenvalue weighted by Gasteiger charge is -2.18. The van der Waals surface area contributed by atoms with Crippen molar-refractivity contribution in [2.45, 2.75) is 26.8 Å². The van der Waals surface area contributed by atoms with E-state index in [0.717, 1.165) is 14.9 Å². The zero-order chi connectivity index (χ0) is 17.5. The molecule has 128 valence electrons. The van der Waals surface area contributed by atoms with E-state index in [1.54, 1.807) is 0 Å². The fourth-order valence-electron chi connectivity index (χ4n) is 2.34. The molecule has 2 aromatic carbocycles. The van der Waals surface area contributed by atoms with Gasteiger partial charge in [-0.05, 0) is 73.2 Å². The number of amides is 1. The quantitative estimate of drug-likeness (QED) is 0.643. The minimum atomic E-state index is -0.136. The smallest absolute Gasteiger partial charge is 0.252 e. The van der Waals surface area contributed by atoms with Crippen LogP contribution >= 0.6 is 22.6 Å². The van der Waals surface area contributed by atoms with Crippen molar-refractivity contribution < 1.29 is 14.3 Å². The van der Waals surface area contributed by atoms with Crippen molar-refractivity contribution in [2.75, 3.05) is 13.2 Å². The van der Waals surface area contributed by atoms with Gasteiger partial charge < -0.3 is 14.8 Å². The van der Waals surface area contributed by atoms with E-state index >= 15 is 0 Å². The second-order valence-electron chi connectivity index (χ2n) is 5.25. The number of hydrogen-bond acceptors (Lipinski definition) is 3. The molecule has 2 rings (SSSR count). The maximum Gasteiger partial charge on any atom is 0.252 e. The molecule has 0 aliphatic carbocycles. The molecule has 1 atom stereocenters. The lowest BCUT2D eigenvalue weighted by molar-refractivity contribution is 0.0939. The number of rotatable bonds is 7. The Bertz CT molecular complexity index is 703. The van der Waals surface area contributed by atoms with Crippen LogP contribution < -0.4 is 14.8 Å².